The van der Waals surface area contributed by atoms with Crippen LogP contribution in [0.4, 0.5) is 0 Å². The van der Waals surface area contributed by atoms with Crippen molar-refractivity contribution in [3.8, 4) is 0 Å². The number of nitrogens with zero attached hydrogens (tertiary/aromatic N) is 4. The highest BCUT2D eigenvalue weighted by Crippen LogP contribution is 2.24. The third-order valence-electron chi connectivity index (χ3n) is 7.40. The molecule has 13 heteroatoms. The number of rotatable bonds is 9. The number of H-pyrrole nitrogens is 1. The molecule has 1 aliphatic rings. The molecule has 3 heterocycles. The third kappa shape index (κ3) is 6.35. The van der Waals surface area contributed by atoms with Crippen molar-refractivity contribution in [2.45, 2.75) is 37.6 Å². The molecule has 5 rings (SSSR count). The van der Waals surface area contributed by atoms with E-state index in [1.807, 2.05) is 30.3 Å². The number of amides is 3. The molecule has 0 spiro atoms. The molecule has 3 unspecified atom stereocenters. The summed E-state index contributed by atoms with van der Waals surface area (Å²) in [6.07, 6.45) is 3.08. The molecule has 2 aromatic carbocycles. The monoisotopic (exact) mass is 604 g/mol. The van der Waals surface area contributed by atoms with Crippen LogP contribution >= 0.6 is 11.6 Å². The average Bonchev–Trinajstić information content (AvgIpc) is 3.60. The first kappa shape index (κ1) is 29.7. The number of hydrogen-bond acceptors (Lipinski definition) is 7. The van der Waals surface area contributed by atoms with Gasteiger partial charge in [-0.2, -0.15) is 0 Å². The molecule has 1 fully saturated rings. The second kappa shape index (κ2) is 12.6. The Hall–Kier alpha value is -4.81. The average molecular weight is 605 g/mol. The number of aromatic carboxylic acids is 1. The number of para-hydroxylation sites is 1. The SMILES string of the molecule is CN(Cc1ccccc1Cl)C(=O)C(Cc1c[nH]c2ccccc12)NC(=O)C1CC(O)CN1C(=O)c1nccnc1C(=O)O. The van der Waals surface area contributed by atoms with Gasteiger partial charge in [0.25, 0.3) is 5.91 Å². The fourth-order valence-corrected chi connectivity index (χ4v) is 5.48. The first-order chi connectivity index (χ1) is 20.6. The lowest BCUT2D eigenvalue weighted by Crippen LogP contribution is -2.54. The molecule has 43 heavy (non-hydrogen) atoms. The lowest BCUT2D eigenvalue weighted by Gasteiger charge is -2.28. The van der Waals surface area contributed by atoms with Crippen molar-refractivity contribution < 1.29 is 29.4 Å². The number of β-amino-alcohol motifs (C(OH)–C–C–N with tert-alkyl or cyclic N) is 1. The largest absolute Gasteiger partial charge is 0.476 e. The van der Waals surface area contributed by atoms with Gasteiger partial charge in [-0.05, 0) is 23.3 Å². The second-order valence-electron chi connectivity index (χ2n) is 10.3. The zero-order valence-corrected chi connectivity index (χ0v) is 23.9. The van der Waals surface area contributed by atoms with E-state index < -0.39 is 53.3 Å². The van der Waals surface area contributed by atoms with Gasteiger partial charge >= 0.3 is 5.97 Å². The van der Waals surface area contributed by atoms with Crippen molar-refractivity contribution in [2.24, 2.45) is 0 Å². The Morgan fingerprint density at radius 1 is 1.07 bits per heavy atom. The molecule has 0 radical (unpaired) electrons. The van der Waals surface area contributed by atoms with Gasteiger partial charge in [0.1, 0.15) is 12.1 Å². The number of nitrogens with one attached hydrogen (secondary N) is 2. The van der Waals surface area contributed by atoms with Crippen molar-refractivity contribution in [3.63, 3.8) is 0 Å². The molecule has 0 saturated carbocycles. The van der Waals surface area contributed by atoms with Gasteiger partial charge in [0, 0.05) is 67.5 Å². The van der Waals surface area contributed by atoms with Crippen LogP contribution in [0.15, 0.2) is 67.1 Å². The third-order valence-corrected chi connectivity index (χ3v) is 7.77. The normalized spacial score (nSPS) is 17.0. The molecule has 12 nitrogen and oxygen atoms in total. The van der Waals surface area contributed by atoms with Crippen molar-refractivity contribution in [3.05, 3.63) is 94.7 Å². The van der Waals surface area contributed by atoms with Gasteiger partial charge in [-0.25, -0.2) is 14.8 Å². The van der Waals surface area contributed by atoms with Gasteiger partial charge in [0.2, 0.25) is 11.8 Å². The fourth-order valence-electron chi connectivity index (χ4n) is 5.29. The second-order valence-corrected chi connectivity index (χ2v) is 10.7. The Kier molecular flexibility index (Phi) is 8.69. The minimum Gasteiger partial charge on any atom is -0.476 e. The number of fused-ring (bicyclic) bond motifs is 1. The number of carbonyl (C=O) groups excluding carboxylic acids is 3. The van der Waals surface area contributed by atoms with Gasteiger partial charge in [0.15, 0.2) is 11.4 Å². The molecule has 2 aromatic heterocycles. The summed E-state index contributed by atoms with van der Waals surface area (Å²) in [5.74, 6) is -3.38. The molecule has 0 aliphatic carbocycles. The lowest BCUT2D eigenvalue weighted by molar-refractivity contribution is -0.136. The number of benzene rings is 2. The summed E-state index contributed by atoms with van der Waals surface area (Å²) in [5.41, 5.74) is 1.37. The molecule has 1 saturated heterocycles. The van der Waals surface area contributed by atoms with Gasteiger partial charge in [0.05, 0.1) is 6.10 Å². The summed E-state index contributed by atoms with van der Waals surface area (Å²) >= 11 is 6.32. The van der Waals surface area contributed by atoms with E-state index in [-0.39, 0.29) is 25.9 Å². The number of aromatic nitrogens is 3. The summed E-state index contributed by atoms with van der Waals surface area (Å²) in [4.78, 5) is 65.9. The number of aliphatic hydroxyl groups excluding tert-OH is 1. The van der Waals surface area contributed by atoms with Crippen LogP contribution in [0.25, 0.3) is 10.9 Å². The van der Waals surface area contributed by atoms with E-state index in [1.54, 1.807) is 31.4 Å². The highest BCUT2D eigenvalue weighted by atomic mass is 35.5. The van der Waals surface area contributed by atoms with Gasteiger partial charge in [-0.3, -0.25) is 14.4 Å². The van der Waals surface area contributed by atoms with Crippen molar-refractivity contribution in [1.82, 2.24) is 30.1 Å². The minimum absolute atomic E-state index is 0.107. The summed E-state index contributed by atoms with van der Waals surface area (Å²) in [7, 11) is 1.61. The maximum absolute atomic E-state index is 13.8. The van der Waals surface area contributed by atoms with Crippen molar-refractivity contribution in [2.75, 3.05) is 13.6 Å². The quantitative estimate of drug-likeness (QED) is 0.225. The number of likely N-dealkylation sites (N-methyl/N-ethyl adjacent to an activating group) is 1. The van der Waals surface area contributed by atoms with Crippen LogP contribution in [-0.2, 0) is 22.6 Å². The van der Waals surface area contributed by atoms with E-state index in [1.165, 1.54) is 11.1 Å². The fraction of sp³-hybridized carbons (Fsp3) is 0.267. The highest BCUT2D eigenvalue weighted by Gasteiger charge is 2.42. The van der Waals surface area contributed by atoms with E-state index in [4.69, 9.17) is 11.6 Å². The highest BCUT2D eigenvalue weighted by molar-refractivity contribution is 6.31. The Labute approximate surface area is 251 Å². The Morgan fingerprint density at radius 2 is 1.77 bits per heavy atom. The number of hydrogen-bond donors (Lipinski definition) is 4. The van der Waals surface area contributed by atoms with E-state index >= 15 is 0 Å². The zero-order chi connectivity index (χ0) is 30.7. The zero-order valence-electron chi connectivity index (χ0n) is 23.1. The van der Waals surface area contributed by atoms with Crippen LogP contribution in [0.5, 0.6) is 0 Å². The predicted octanol–water partition coefficient (Wildman–Crippen LogP) is 2.27. The molecule has 3 amide bonds. The van der Waals surface area contributed by atoms with E-state index in [0.29, 0.717) is 5.02 Å². The summed E-state index contributed by atoms with van der Waals surface area (Å²) in [6, 6.07) is 12.5. The van der Waals surface area contributed by atoms with Gasteiger partial charge in [-0.15, -0.1) is 0 Å². The van der Waals surface area contributed by atoms with Crippen LogP contribution < -0.4 is 5.32 Å². The van der Waals surface area contributed by atoms with Crippen molar-refractivity contribution in [1.29, 1.82) is 0 Å². The molecule has 1 aliphatic heterocycles. The molecule has 3 atom stereocenters. The van der Waals surface area contributed by atoms with Crippen LogP contribution in [0.1, 0.15) is 38.5 Å². The summed E-state index contributed by atoms with van der Waals surface area (Å²) in [6.45, 7) is -0.0316. The van der Waals surface area contributed by atoms with Gasteiger partial charge in [-0.1, -0.05) is 48.0 Å². The molecular weight excluding hydrogens is 576 g/mol. The number of carboxylic acids is 1. The maximum atomic E-state index is 13.8. The molecule has 4 N–H and O–H groups in total. The molecular formula is C30H29ClN6O6. The number of aromatic amines is 1. The number of halogens is 1. The van der Waals surface area contributed by atoms with Crippen LogP contribution in [0.3, 0.4) is 0 Å². The Balaban J connectivity index is 1.42. The van der Waals surface area contributed by atoms with Crippen LogP contribution in [0.2, 0.25) is 5.02 Å². The number of likely N-dealkylation sites (tertiary alicyclic amines) is 1. The first-order valence-electron chi connectivity index (χ1n) is 13.5. The number of aliphatic hydroxyl groups is 1. The minimum atomic E-state index is -1.46. The summed E-state index contributed by atoms with van der Waals surface area (Å²) < 4.78 is 0. The van der Waals surface area contributed by atoms with Crippen LogP contribution in [-0.4, -0.2) is 90.4 Å². The topological polar surface area (TPSA) is 169 Å². The van der Waals surface area contributed by atoms with E-state index in [2.05, 4.69) is 20.3 Å². The number of carbonyl (C=O) groups is 4. The predicted molar refractivity (Wildman–Crippen MR) is 156 cm³/mol. The molecule has 4 aromatic rings. The Bertz CT molecular complexity index is 1690. The van der Waals surface area contributed by atoms with Crippen molar-refractivity contribution >= 4 is 46.2 Å². The van der Waals surface area contributed by atoms with E-state index in [0.717, 1.165) is 33.1 Å². The standard InChI is InChI=1S/C30H29ClN6O6/c1-36(15-17-6-2-4-8-21(17)31)28(40)23(12-18-14-34-22-9-5-3-7-20(18)22)35-27(39)24-13-19(38)16-37(24)29(41)25-26(30(42)43)33-11-10-32-25/h2-11,14,19,23-24,34,38H,12-13,15-16H2,1H3,(H,35,39)(H,42,43). The van der Waals surface area contributed by atoms with Crippen LogP contribution in [0, 0.1) is 0 Å². The molecule has 0 bridgehead atoms. The smallest absolute Gasteiger partial charge is 0.356 e. The Morgan fingerprint density at radius 3 is 2.51 bits per heavy atom. The molecule has 222 valence electrons. The lowest BCUT2D eigenvalue weighted by atomic mass is 10.0. The summed E-state index contributed by atoms with van der Waals surface area (Å²) in [5, 5.41) is 24.1. The maximum Gasteiger partial charge on any atom is 0.356 e. The number of carboxylic acid groups (broad SMARTS) is 1. The van der Waals surface area contributed by atoms with E-state index in [9.17, 15) is 29.4 Å². The first-order valence-corrected chi connectivity index (χ1v) is 13.9. The van der Waals surface area contributed by atoms with Gasteiger partial charge < -0.3 is 30.3 Å².